The molecule has 0 aliphatic heterocycles. The van der Waals surface area contributed by atoms with E-state index in [0.717, 1.165) is 6.54 Å². The Morgan fingerprint density at radius 2 is 2.25 bits per heavy atom. The van der Waals surface area contributed by atoms with E-state index in [-0.39, 0.29) is 0 Å². The summed E-state index contributed by atoms with van der Waals surface area (Å²) < 4.78 is 0. The van der Waals surface area contributed by atoms with Crippen molar-refractivity contribution in [1.82, 2.24) is 10.2 Å². The molecule has 0 aromatic carbocycles. The van der Waals surface area contributed by atoms with Crippen molar-refractivity contribution in [2.45, 2.75) is 32.6 Å². The average Bonchev–Trinajstić information content (AvgIpc) is 2.74. The fourth-order valence-electron chi connectivity index (χ4n) is 2.25. The summed E-state index contributed by atoms with van der Waals surface area (Å²) >= 11 is 0. The average molecular weight is 216 g/mol. The SMILES string of the molecule is CC1(CNc2nnccc2C#N)CCCC1. The van der Waals surface area contributed by atoms with Crippen molar-refractivity contribution >= 4 is 5.82 Å². The molecule has 1 aromatic rings. The number of hydrogen-bond acceptors (Lipinski definition) is 4. The molecule has 0 amide bonds. The summed E-state index contributed by atoms with van der Waals surface area (Å²) in [6.07, 6.45) is 6.67. The highest BCUT2D eigenvalue weighted by Crippen LogP contribution is 2.37. The Morgan fingerprint density at radius 1 is 1.50 bits per heavy atom. The Labute approximate surface area is 95.7 Å². The molecule has 0 saturated heterocycles. The number of anilines is 1. The number of nitriles is 1. The van der Waals surface area contributed by atoms with Crippen molar-refractivity contribution in [2.75, 3.05) is 11.9 Å². The second kappa shape index (κ2) is 4.48. The van der Waals surface area contributed by atoms with Gasteiger partial charge in [-0.1, -0.05) is 19.8 Å². The van der Waals surface area contributed by atoms with Crippen LogP contribution >= 0.6 is 0 Å². The Balaban J connectivity index is 2.02. The minimum atomic E-state index is 0.351. The Morgan fingerprint density at radius 3 is 2.94 bits per heavy atom. The van der Waals surface area contributed by atoms with E-state index in [2.05, 4.69) is 28.5 Å². The molecule has 0 unspecified atom stereocenters. The van der Waals surface area contributed by atoms with Gasteiger partial charge in [-0.3, -0.25) is 0 Å². The zero-order valence-corrected chi connectivity index (χ0v) is 9.53. The van der Waals surface area contributed by atoms with Crippen LogP contribution in [0.3, 0.4) is 0 Å². The van der Waals surface area contributed by atoms with Crippen LogP contribution in [0.2, 0.25) is 0 Å². The van der Waals surface area contributed by atoms with Gasteiger partial charge in [-0.2, -0.15) is 10.4 Å². The van der Waals surface area contributed by atoms with Crippen molar-refractivity contribution in [3.05, 3.63) is 17.8 Å². The molecular weight excluding hydrogens is 200 g/mol. The maximum Gasteiger partial charge on any atom is 0.166 e. The van der Waals surface area contributed by atoms with E-state index in [1.165, 1.54) is 25.7 Å². The highest BCUT2D eigenvalue weighted by molar-refractivity contribution is 5.50. The lowest BCUT2D eigenvalue weighted by molar-refractivity contribution is 0.361. The van der Waals surface area contributed by atoms with E-state index < -0.39 is 0 Å². The first kappa shape index (κ1) is 10.9. The predicted molar refractivity (Wildman–Crippen MR) is 61.8 cm³/mol. The van der Waals surface area contributed by atoms with Gasteiger partial charge in [0, 0.05) is 6.54 Å². The summed E-state index contributed by atoms with van der Waals surface area (Å²) in [5, 5.41) is 19.9. The summed E-state index contributed by atoms with van der Waals surface area (Å²) in [6, 6.07) is 3.81. The van der Waals surface area contributed by atoms with Crippen molar-refractivity contribution in [3.8, 4) is 6.07 Å². The van der Waals surface area contributed by atoms with Gasteiger partial charge >= 0.3 is 0 Å². The molecule has 4 nitrogen and oxygen atoms in total. The summed E-state index contributed by atoms with van der Waals surface area (Å²) in [6.45, 7) is 3.16. The molecule has 4 heteroatoms. The van der Waals surface area contributed by atoms with Crippen molar-refractivity contribution < 1.29 is 0 Å². The van der Waals surface area contributed by atoms with E-state index >= 15 is 0 Å². The fraction of sp³-hybridized carbons (Fsp3) is 0.583. The van der Waals surface area contributed by atoms with Crippen LogP contribution in [0, 0.1) is 16.7 Å². The van der Waals surface area contributed by atoms with Crippen LogP contribution in [0.1, 0.15) is 38.2 Å². The minimum absolute atomic E-state index is 0.351. The smallest absolute Gasteiger partial charge is 0.166 e. The lowest BCUT2D eigenvalue weighted by atomic mass is 9.89. The number of hydrogen-bond donors (Lipinski definition) is 1. The van der Waals surface area contributed by atoms with Crippen LogP contribution in [0.5, 0.6) is 0 Å². The van der Waals surface area contributed by atoms with Gasteiger partial charge in [0.15, 0.2) is 5.82 Å². The third-order valence-corrected chi connectivity index (χ3v) is 3.33. The van der Waals surface area contributed by atoms with Gasteiger partial charge in [-0.15, -0.1) is 5.10 Å². The number of aromatic nitrogens is 2. The molecule has 0 radical (unpaired) electrons. The van der Waals surface area contributed by atoms with E-state index in [4.69, 9.17) is 5.26 Å². The maximum atomic E-state index is 8.92. The Bertz CT molecular complexity index is 402. The fourth-order valence-corrected chi connectivity index (χ4v) is 2.25. The quantitative estimate of drug-likeness (QED) is 0.842. The van der Waals surface area contributed by atoms with Crippen LogP contribution in [0.25, 0.3) is 0 Å². The highest BCUT2D eigenvalue weighted by Gasteiger charge is 2.28. The first-order valence-electron chi connectivity index (χ1n) is 5.69. The van der Waals surface area contributed by atoms with Gasteiger partial charge in [0.25, 0.3) is 0 Å². The van der Waals surface area contributed by atoms with Crippen molar-refractivity contribution in [1.29, 1.82) is 5.26 Å². The van der Waals surface area contributed by atoms with Gasteiger partial charge in [0.05, 0.1) is 11.8 Å². The molecule has 1 saturated carbocycles. The van der Waals surface area contributed by atoms with Crippen molar-refractivity contribution in [3.63, 3.8) is 0 Å². The monoisotopic (exact) mass is 216 g/mol. The first-order valence-corrected chi connectivity index (χ1v) is 5.69. The molecule has 1 aromatic heterocycles. The van der Waals surface area contributed by atoms with Crippen LogP contribution in [-0.2, 0) is 0 Å². The lowest BCUT2D eigenvalue weighted by Crippen LogP contribution is -2.23. The molecule has 1 aliphatic carbocycles. The van der Waals surface area contributed by atoms with Gasteiger partial charge in [-0.25, -0.2) is 0 Å². The first-order chi connectivity index (χ1) is 7.73. The molecule has 1 fully saturated rings. The molecule has 0 bridgehead atoms. The number of nitrogens with zero attached hydrogens (tertiary/aromatic N) is 3. The van der Waals surface area contributed by atoms with Gasteiger partial charge in [0.2, 0.25) is 0 Å². The largest absolute Gasteiger partial charge is 0.367 e. The lowest BCUT2D eigenvalue weighted by Gasteiger charge is -2.23. The highest BCUT2D eigenvalue weighted by atomic mass is 15.2. The minimum Gasteiger partial charge on any atom is -0.367 e. The second-order valence-electron chi connectivity index (χ2n) is 4.78. The van der Waals surface area contributed by atoms with Gasteiger partial charge < -0.3 is 5.32 Å². The van der Waals surface area contributed by atoms with Gasteiger partial charge in [0.1, 0.15) is 6.07 Å². The third-order valence-electron chi connectivity index (χ3n) is 3.33. The summed E-state index contributed by atoms with van der Waals surface area (Å²) in [7, 11) is 0. The molecule has 1 aliphatic rings. The summed E-state index contributed by atoms with van der Waals surface area (Å²) in [4.78, 5) is 0. The van der Waals surface area contributed by atoms with E-state index in [0.29, 0.717) is 16.8 Å². The van der Waals surface area contributed by atoms with E-state index in [1.807, 2.05) is 0 Å². The number of rotatable bonds is 3. The number of nitrogens with one attached hydrogen (secondary N) is 1. The molecule has 1 heterocycles. The molecule has 0 spiro atoms. The molecule has 0 atom stereocenters. The van der Waals surface area contributed by atoms with Crippen LogP contribution in [-0.4, -0.2) is 16.7 Å². The second-order valence-corrected chi connectivity index (χ2v) is 4.78. The van der Waals surface area contributed by atoms with E-state index in [9.17, 15) is 0 Å². The normalized spacial score (nSPS) is 18.0. The Hall–Kier alpha value is -1.63. The van der Waals surface area contributed by atoms with Crippen LogP contribution in [0.15, 0.2) is 12.3 Å². The van der Waals surface area contributed by atoms with Gasteiger partial charge in [-0.05, 0) is 24.3 Å². The molecule has 16 heavy (non-hydrogen) atoms. The predicted octanol–water partition coefficient (Wildman–Crippen LogP) is 2.34. The molecule has 84 valence electrons. The topological polar surface area (TPSA) is 61.6 Å². The maximum absolute atomic E-state index is 8.92. The molecule has 2 rings (SSSR count). The zero-order chi connectivity index (χ0) is 11.4. The van der Waals surface area contributed by atoms with Crippen LogP contribution in [0.4, 0.5) is 5.82 Å². The Kier molecular flexibility index (Phi) is 3.04. The standard InChI is InChI=1S/C12H16N4/c1-12(5-2-3-6-12)9-14-11-10(8-13)4-7-15-16-11/h4,7H,2-3,5-6,9H2,1H3,(H,14,16). The van der Waals surface area contributed by atoms with Crippen LogP contribution < -0.4 is 5.32 Å². The summed E-state index contributed by atoms with van der Waals surface area (Å²) in [5.74, 6) is 0.609. The zero-order valence-electron chi connectivity index (χ0n) is 9.53. The molecular formula is C12H16N4. The summed E-state index contributed by atoms with van der Waals surface area (Å²) in [5.41, 5.74) is 0.918. The molecule has 1 N–H and O–H groups in total. The third kappa shape index (κ3) is 2.30. The van der Waals surface area contributed by atoms with Crippen molar-refractivity contribution in [2.24, 2.45) is 5.41 Å². The van der Waals surface area contributed by atoms with E-state index in [1.54, 1.807) is 12.3 Å².